The number of hydrogen-bond donors (Lipinski definition) is 5. The van der Waals surface area contributed by atoms with Gasteiger partial charge in [-0.15, -0.1) is 0 Å². The van der Waals surface area contributed by atoms with E-state index in [1.807, 2.05) is 0 Å². The Morgan fingerprint density at radius 2 is 1.92 bits per heavy atom. The predicted molar refractivity (Wildman–Crippen MR) is 38.0 cm³/mol. The number of rotatable bonds is 1. The smallest absolute Gasteiger partial charge is 0.238 e. The number of aliphatic hydroxyl groups excluding tert-OH is 4. The van der Waals surface area contributed by atoms with Crippen LogP contribution in [0.3, 0.4) is 0 Å². The van der Waals surface area contributed by atoms with Gasteiger partial charge in [-0.2, -0.15) is 0 Å². The minimum Gasteiger partial charge on any atom is -0.394 e. The molecule has 0 unspecified atom stereocenters. The van der Waals surface area contributed by atoms with E-state index >= 15 is 0 Å². The van der Waals surface area contributed by atoms with E-state index in [9.17, 15) is 4.39 Å². The van der Waals surface area contributed by atoms with Crippen LogP contribution in [0.1, 0.15) is 0 Å². The molecule has 1 rings (SSSR count). The quantitative estimate of drug-likeness (QED) is 0.287. The van der Waals surface area contributed by atoms with Crippen LogP contribution in [0.4, 0.5) is 4.39 Å². The summed E-state index contributed by atoms with van der Waals surface area (Å²) in [5, 5.41) is 35.7. The highest BCUT2D eigenvalue weighted by molar-refractivity contribution is 4.96. The highest BCUT2D eigenvalue weighted by atomic mass is 19.1. The third kappa shape index (κ3) is 1.66. The summed E-state index contributed by atoms with van der Waals surface area (Å²) in [5.74, 6) is -2.93. The largest absolute Gasteiger partial charge is 0.394 e. The number of ether oxygens (including phenoxy) is 1. The van der Waals surface area contributed by atoms with E-state index in [4.69, 9.17) is 26.2 Å². The summed E-state index contributed by atoms with van der Waals surface area (Å²) in [7, 11) is 0. The highest BCUT2D eigenvalue weighted by Gasteiger charge is 2.53. The lowest BCUT2D eigenvalue weighted by Gasteiger charge is -2.41. The SMILES string of the molecule is N[C@@]1(F)[C@H](O)O[C@H](CO)[C@@H](O)[C@@H]1O. The minimum atomic E-state index is -2.93. The van der Waals surface area contributed by atoms with Crippen molar-refractivity contribution in [3.05, 3.63) is 0 Å². The maximum Gasteiger partial charge on any atom is 0.238 e. The third-order valence-electron chi connectivity index (χ3n) is 2.02. The van der Waals surface area contributed by atoms with Crippen molar-refractivity contribution in [1.29, 1.82) is 0 Å². The Morgan fingerprint density at radius 1 is 1.38 bits per heavy atom. The molecule has 1 saturated heterocycles. The molecule has 0 aliphatic carbocycles. The lowest BCUT2D eigenvalue weighted by molar-refractivity contribution is -0.307. The summed E-state index contributed by atoms with van der Waals surface area (Å²) < 4.78 is 17.6. The van der Waals surface area contributed by atoms with Crippen LogP contribution in [-0.2, 0) is 4.74 Å². The van der Waals surface area contributed by atoms with Crippen molar-refractivity contribution < 1.29 is 29.6 Å². The van der Waals surface area contributed by atoms with E-state index in [2.05, 4.69) is 4.74 Å². The Balaban J connectivity index is 2.79. The van der Waals surface area contributed by atoms with Crippen LogP contribution in [0.15, 0.2) is 0 Å². The molecule has 0 aromatic carbocycles. The third-order valence-corrected chi connectivity index (χ3v) is 2.02. The molecule has 6 nitrogen and oxygen atoms in total. The first-order chi connectivity index (χ1) is 5.91. The summed E-state index contributed by atoms with van der Waals surface area (Å²) in [5.41, 5.74) is 4.84. The van der Waals surface area contributed by atoms with E-state index in [-0.39, 0.29) is 0 Å². The Morgan fingerprint density at radius 3 is 2.38 bits per heavy atom. The van der Waals surface area contributed by atoms with Crippen LogP contribution in [0.25, 0.3) is 0 Å². The van der Waals surface area contributed by atoms with Crippen molar-refractivity contribution in [2.24, 2.45) is 5.73 Å². The summed E-state index contributed by atoms with van der Waals surface area (Å²) in [4.78, 5) is 0. The molecule has 1 heterocycles. The zero-order chi connectivity index (χ0) is 10.2. The molecule has 7 heteroatoms. The maximum absolute atomic E-state index is 13.1. The lowest BCUT2D eigenvalue weighted by Crippen LogP contribution is -2.68. The first-order valence-electron chi connectivity index (χ1n) is 3.69. The molecule has 5 atom stereocenters. The topological polar surface area (TPSA) is 116 Å². The Labute approximate surface area is 73.4 Å². The molecule has 13 heavy (non-hydrogen) atoms. The van der Waals surface area contributed by atoms with Crippen LogP contribution in [0.5, 0.6) is 0 Å². The van der Waals surface area contributed by atoms with Crippen LogP contribution in [-0.4, -0.2) is 57.4 Å². The van der Waals surface area contributed by atoms with Crippen LogP contribution in [0.2, 0.25) is 0 Å². The molecular weight excluding hydrogens is 185 g/mol. The predicted octanol–water partition coefficient (Wildman–Crippen LogP) is -2.96. The molecule has 0 saturated carbocycles. The average molecular weight is 197 g/mol. The summed E-state index contributed by atoms with van der Waals surface area (Å²) in [6.45, 7) is -0.647. The van der Waals surface area contributed by atoms with Gasteiger partial charge < -0.3 is 25.2 Å². The van der Waals surface area contributed by atoms with Gasteiger partial charge in [-0.3, -0.25) is 5.73 Å². The molecule has 6 N–H and O–H groups in total. The molecule has 0 aromatic heterocycles. The van der Waals surface area contributed by atoms with Gasteiger partial charge in [0.25, 0.3) is 0 Å². The van der Waals surface area contributed by atoms with Crippen molar-refractivity contribution in [2.45, 2.75) is 30.4 Å². The second-order valence-electron chi connectivity index (χ2n) is 2.97. The standard InChI is InChI=1S/C6H12FNO5/c7-6(8)4(11)3(10)2(1-9)13-5(6)12/h2-5,9-12H,1,8H2/t2-,3-,4+,5-,6-/m1/s1. The van der Waals surface area contributed by atoms with Crippen molar-refractivity contribution in [2.75, 3.05) is 6.61 Å². The molecule has 78 valence electrons. The number of aliphatic hydroxyl groups is 4. The molecule has 0 spiro atoms. The second kappa shape index (κ2) is 3.45. The van der Waals surface area contributed by atoms with E-state index in [0.29, 0.717) is 0 Å². The van der Waals surface area contributed by atoms with Gasteiger partial charge in [0.2, 0.25) is 12.1 Å². The maximum atomic E-state index is 13.1. The van der Waals surface area contributed by atoms with Gasteiger partial charge in [0.1, 0.15) is 18.3 Å². The first kappa shape index (κ1) is 10.8. The van der Waals surface area contributed by atoms with E-state index in [0.717, 1.165) is 0 Å². The minimum absolute atomic E-state index is 0.647. The van der Waals surface area contributed by atoms with Crippen molar-refractivity contribution in [1.82, 2.24) is 0 Å². The Hall–Kier alpha value is -0.310. The van der Waals surface area contributed by atoms with E-state index in [1.165, 1.54) is 0 Å². The highest BCUT2D eigenvalue weighted by Crippen LogP contribution is 2.27. The number of nitrogens with two attached hydrogens (primary N) is 1. The van der Waals surface area contributed by atoms with E-state index in [1.54, 1.807) is 0 Å². The molecule has 1 aliphatic rings. The van der Waals surface area contributed by atoms with E-state index < -0.39 is 37.0 Å². The molecule has 0 radical (unpaired) electrons. The zero-order valence-corrected chi connectivity index (χ0v) is 6.67. The fourth-order valence-corrected chi connectivity index (χ4v) is 1.11. The molecule has 0 amide bonds. The molecule has 0 bridgehead atoms. The van der Waals surface area contributed by atoms with Crippen molar-refractivity contribution in [3.8, 4) is 0 Å². The molecule has 1 aliphatic heterocycles. The fraction of sp³-hybridized carbons (Fsp3) is 1.00. The summed E-state index contributed by atoms with van der Waals surface area (Å²) in [6.07, 6.45) is -6.96. The average Bonchev–Trinajstić information content (AvgIpc) is 2.09. The Bertz CT molecular complexity index is 190. The molecular formula is C6H12FNO5. The second-order valence-corrected chi connectivity index (χ2v) is 2.97. The monoisotopic (exact) mass is 197 g/mol. The van der Waals surface area contributed by atoms with Gasteiger partial charge >= 0.3 is 0 Å². The van der Waals surface area contributed by atoms with Gasteiger partial charge in [0, 0.05) is 0 Å². The normalized spacial score (nSPS) is 52.2. The van der Waals surface area contributed by atoms with Crippen molar-refractivity contribution in [3.63, 3.8) is 0 Å². The van der Waals surface area contributed by atoms with Gasteiger partial charge in [0.05, 0.1) is 6.61 Å². The van der Waals surface area contributed by atoms with Crippen LogP contribution in [0, 0.1) is 0 Å². The summed E-state index contributed by atoms with van der Waals surface area (Å²) >= 11 is 0. The van der Waals surface area contributed by atoms with Crippen LogP contribution >= 0.6 is 0 Å². The lowest BCUT2D eigenvalue weighted by atomic mass is 9.96. The number of alkyl halides is 1. The van der Waals surface area contributed by atoms with Gasteiger partial charge in [-0.25, -0.2) is 4.39 Å². The summed E-state index contributed by atoms with van der Waals surface area (Å²) in [6, 6.07) is 0. The van der Waals surface area contributed by atoms with Gasteiger partial charge in [0.15, 0.2) is 0 Å². The van der Waals surface area contributed by atoms with Gasteiger partial charge in [-0.05, 0) is 0 Å². The first-order valence-corrected chi connectivity index (χ1v) is 3.69. The zero-order valence-electron chi connectivity index (χ0n) is 6.67. The fourth-order valence-electron chi connectivity index (χ4n) is 1.11. The number of hydrogen-bond acceptors (Lipinski definition) is 6. The molecule has 1 fully saturated rings. The van der Waals surface area contributed by atoms with Crippen molar-refractivity contribution >= 4 is 0 Å². The Kier molecular flexibility index (Phi) is 2.85. The van der Waals surface area contributed by atoms with Gasteiger partial charge in [-0.1, -0.05) is 0 Å². The number of halogens is 1. The molecule has 0 aromatic rings. The van der Waals surface area contributed by atoms with Crippen LogP contribution < -0.4 is 5.73 Å².